The summed E-state index contributed by atoms with van der Waals surface area (Å²) >= 11 is 1.53. The highest BCUT2D eigenvalue weighted by Crippen LogP contribution is 2.22. The van der Waals surface area contributed by atoms with E-state index >= 15 is 0 Å². The van der Waals surface area contributed by atoms with Crippen LogP contribution in [-0.2, 0) is 6.54 Å². The van der Waals surface area contributed by atoms with Gasteiger partial charge in [0.25, 0.3) is 0 Å². The number of aryl methyl sites for hydroxylation is 1. The van der Waals surface area contributed by atoms with E-state index in [9.17, 15) is 0 Å². The molecule has 1 aromatic carbocycles. The molecule has 24 heavy (non-hydrogen) atoms. The molecule has 0 N–H and O–H groups in total. The largest absolute Gasteiger partial charge is 0.304 e. The third-order valence-corrected chi connectivity index (χ3v) is 4.18. The molecule has 0 bridgehead atoms. The highest BCUT2D eigenvalue weighted by Gasteiger charge is 2.13. The second kappa shape index (κ2) is 7.15. The van der Waals surface area contributed by atoms with Crippen molar-refractivity contribution >= 4 is 11.8 Å². The normalized spacial score (nSPS) is 11.2. The van der Waals surface area contributed by atoms with E-state index in [1.54, 1.807) is 6.20 Å². The van der Waals surface area contributed by atoms with Gasteiger partial charge in [-0.1, -0.05) is 29.5 Å². The fraction of sp³-hybridized carbons (Fsp3) is 0.278. The van der Waals surface area contributed by atoms with E-state index < -0.39 is 0 Å². The molecule has 5 nitrogen and oxygen atoms in total. The quantitative estimate of drug-likeness (QED) is 0.526. The van der Waals surface area contributed by atoms with Gasteiger partial charge in [0, 0.05) is 12.7 Å². The van der Waals surface area contributed by atoms with E-state index in [1.165, 1.54) is 17.3 Å². The fourth-order valence-corrected chi connectivity index (χ4v) is 2.83. The SMILES string of the molecule is CSc1nccc(-c2cc(CN(C)C)n(-c3ccc(C)cc3)n2)n1. The molecule has 0 unspecified atom stereocenters. The molecular weight excluding hydrogens is 318 g/mol. The number of hydrogen-bond acceptors (Lipinski definition) is 5. The fourth-order valence-electron chi connectivity index (χ4n) is 2.47. The monoisotopic (exact) mass is 339 g/mol. The van der Waals surface area contributed by atoms with Crippen molar-refractivity contribution in [3.05, 3.63) is 53.9 Å². The second-order valence-electron chi connectivity index (χ2n) is 5.93. The number of thioether (sulfide) groups is 1. The van der Waals surface area contributed by atoms with Gasteiger partial charge in [-0.3, -0.25) is 0 Å². The van der Waals surface area contributed by atoms with Gasteiger partial charge in [0.2, 0.25) is 0 Å². The van der Waals surface area contributed by atoms with E-state index in [2.05, 4.69) is 66.2 Å². The van der Waals surface area contributed by atoms with Crippen molar-refractivity contribution < 1.29 is 0 Å². The van der Waals surface area contributed by atoms with E-state index in [-0.39, 0.29) is 0 Å². The number of rotatable bonds is 5. The topological polar surface area (TPSA) is 46.8 Å². The molecule has 0 saturated heterocycles. The van der Waals surface area contributed by atoms with Gasteiger partial charge in [0.15, 0.2) is 5.16 Å². The van der Waals surface area contributed by atoms with Crippen molar-refractivity contribution in [1.29, 1.82) is 0 Å². The van der Waals surface area contributed by atoms with E-state index in [0.717, 1.165) is 34.5 Å². The van der Waals surface area contributed by atoms with Crippen LogP contribution >= 0.6 is 11.8 Å². The first-order valence-corrected chi connectivity index (χ1v) is 8.97. The Kier molecular flexibility index (Phi) is 4.97. The number of hydrogen-bond donors (Lipinski definition) is 0. The number of benzene rings is 1. The second-order valence-corrected chi connectivity index (χ2v) is 6.71. The van der Waals surface area contributed by atoms with Gasteiger partial charge in [0.1, 0.15) is 5.69 Å². The summed E-state index contributed by atoms with van der Waals surface area (Å²) in [5.74, 6) is 0. The van der Waals surface area contributed by atoms with Crippen molar-refractivity contribution in [2.75, 3.05) is 20.4 Å². The van der Waals surface area contributed by atoms with Crippen LogP contribution in [-0.4, -0.2) is 45.0 Å². The predicted molar refractivity (Wildman–Crippen MR) is 98.5 cm³/mol. The van der Waals surface area contributed by atoms with Crippen LogP contribution in [0.1, 0.15) is 11.3 Å². The minimum absolute atomic E-state index is 0.756. The Bertz CT molecular complexity index is 824. The molecule has 0 aliphatic carbocycles. The summed E-state index contributed by atoms with van der Waals surface area (Å²) in [5.41, 5.74) is 5.14. The van der Waals surface area contributed by atoms with Crippen LogP contribution < -0.4 is 0 Å². The van der Waals surface area contributed by atoms with Crippen molar-refractivity contribution in [3.63, 3.8) is 0 Å². The van der Waals surface area contributed by atoms with Crippen molar-refractivity contribution in [3.8, 4) is 17.1 Å². The molecule has 0 fully saturated rings. The summed E-state index contributed by atoms with van der Waals surface area (Å²) < 4.78 is 2.00. The first kappa shape index (κ1) is 16.7. The Labute approximate surface area is 146 Å². The lowest BCUT2D eigenvalue weighted by atomic mass is 10.2. The Morgan fingerprint density at radius 3 is 2.50 bits per heavy atom. The third kappa shape index (κ3) is 3.66. The Morgan fingerprint density at radius 1 is 1.08 bits per heavy atom. The molecule has 0 saturated carbocycles. The zero-order valence-electron chi connectivity index (χ0n) is 14.4. The molecule has 2 heterocycles. The van der Waals surface area contributed by atoms with Gasteiger partial charge < -0.3 is 4.90 Å². The van der Waals surface area contributed by atoms with Crippen LogP contribution in [0.5, 0.6) is 0 Å². The maximum absolute atomic E-state index is 4.80. The Morgan fingerprint density at radius 2 is 1.83 bits per heavy atom. The summed E-state index contributed by atoms with van der Waals surface area (Å²) in [4.78, 5) is 10.9. The lowest BCUT2D eigenvalue weighted by molar-refractivity contribution is 0.391. The zero-order valence-corrected chi connectivity index (χ0v) is 15.2. The van der Waals surface area contributed by atoms with Gasteiger partial charge in [-0.25, -0.2) is 14.6 Å². The zero-order chi connectivity index (χ0) is 17.1. The Hall–Kier alpha value is -2.18. The Balaban J connectivity index is 2.07. The molecule has 124 valence electrons. The van der Waals surface area contributed by atoms with Crippen LogP contribution in [0, 0.1) is 6.92 Å². The average molecular weight is 339 g/mol. The molecule has 2 aromatic heterocycles. The van der Waals surface area contributed by atoms with Crippen LogP contribution in [0.15, 0.2) is 47.8 Å². The van der Waals surface area contributed by atoms with Gasteiger partial charge in [-0.15, -0.1) is 0 Å². The molecule has 3 aromatic rings. The average Bonchev–Trinajstić information content (AvgIpc) is 2.99. The summed E-state index contributed by atoms with van der Waals surface area (Å²) in [5, 5.41) is 5.56. The first-order chi connectivity index (χ1) is 11.6. The van der Waals surface area contributed by atoms with Gasteiger partial charge >= 0.3 is 0 Å². The predicted octanol–water partition coefficient (Wildman–Crippen LogP) is 3.42. The van der Waals surface area contributed by atoms with Gasteiger partial charge in [-0.05, 0) is 51.5 Å². The number of nitrogens with zero attached hydrogens (tertiary/aromatic N) is 5. The van der Waals surface area contributed by atoms with E-state index in [1.807, 2.05) is 17.0 Å². The molecule has 0 aliphatic heterocycles. The van der Waals surface area contributed by atoms with Crippen LogP contribution in [0.2, 0.25) is 0 Å². The summed E-state index contributed by atoms with van der Waals surface area (Å²) in [6, 6.07) is 12.4. The van der Waals surface area contributed by atoms with Gasteiger partial charge in [-0.2, -0.15) is 5.10 Å². The van der Waals surface area contributed by atoms with Crippen LogP contribution in [0.4, 0.5) is 0 Å². The molecule has 6 heteroatoms. The summed E-state index contributed by atoms with van der Waals surface area (Å²) in [6.07, 6.45) is 3.76. The first-order valence-electron chi connectivity index (χ1n) is 7.75. The lowest BCUT2D eigenvalue weighted by Crippen LogP contribution is -2.14. The molecular formula is C18H21N5S. The lowest BCUT2D eigenvalue weighted by Gasteiger charge is -2.12. The maximum Gasteiger partial charge on any atom is 0.187 e. The highest BCUT2D eigenvalue weighted by molar-refractivity contribution is 7.98. The molecule has 0 aliphatic rings. The maximum atomic E-state index is 4.80. The van der Waals surface area contributed by atoms with Crippen LogP contribution in [0.3, 0.4) is 0 Å². The minimum atomic E-state index is 0.756. The van der Waals surface area contributed by atoms with Crippen LogP contribution in [0.25, 0.3) is 17.1 Å². The molecule has 0 spiro atoms. The number of aromatic nitrogens is 4. The molecule has 0 amide bonds. The minimum Gasteiger partial charge on any atom is -0.304 e. The van der Waals surface area contributed by atoms with Crippen molar-refractivity contribution in [2.24, 2.45) is 0 Å². The van der Waals surface area contributed by atoms with Gasteiger partial charge in [0.05, 0.1) is 17.1 Å². The summed E-state index contributed by atoms with van der Waals surface area (Å²) in [6.45, 7) is 2.89. The molecule has 0 atom stereocenters. The standard InChI is InChI=1S/C18H21N5S/c1-13-5-7-14(8-6-13)23-15(12-22(2)3)11-17(21-23)16-9-10-19-18(20-16)24-4/h5-11H,12H2,1-4H3. The summed E-state index contributed by atoms with van der Waals surface area (Å²) in [7, 11) is 4.12. The van der Waals surface area contributed by atoms with E-state index in [0.29, 0.717) is 0 Å². The van der Waals surface area contributed by atoms with Crippen molar-refractivity contribution in [1.82, 2.24) is 24.6 Å². The van der Waals surface area contributed by atoms with E-state index in [4.69, 9.17) is 5.10 Å². The highest BCUT2D eigenvalue weighted by atomic mass is 32.2. The molecule has 0 radical (unpaired) electrons. The molecule has 3 rings (SSSR count). The smallest absolute Gasteiger partial charge is 0.187 e. The van der Waals surface area contributed by atoms with Crippen molar-refractivity contribution in [2.45, 2.75) is 18.6 Å². The third-order valence-electron chi connectivity index (χ3n) is 3.62.